The fourth-order valence-electron chi connectivity index (χ4n) is 1.84. The van der Waals surface area contributed by atoms with Gasteiger partial charge in [0, 0.05) is 0 Å². The van der Waals surface area contributed by atoms with Gasteiger partial charge in [0.1, 0.15) is 9.75 Å². The molecule has 0 spiro atoms. The standard InChI is InChI=1S/C7H3Cl7/c8-2-1-5(11)3(9)4(10)6(2,12)7(5,13)14/h2H,1H2/t2-,5+,6+/m1/s1. The lowest BCUT2D eigenvalue weighted by Crippen LogP contribution is -2.44. The first-order chi connectivity index (χ1) is 6.19. The first-order valence-electron chi connectivity index (χ1n) is 3.65. The summed E-state index contributed by atoms with van der Waals surface area (Å²) in [4.78, 5) is -2.47. The molecule has 0 aliphatic heterocycles. The van der Waals surface area contributed by atoms with E-state index in [0.29, 0.717) is 6.42 Å². The zero-order valence-corrected chi connectivity index (χ0v) is 11.7. The predicted molar refractivity (Wildman–Crippen MR) is 64.6 cm³/mol. The molecule has 2 rings (SSSR count). The summed E-state index contributed by atoms with van der Waals surface area (Å²) in [6.45, 7) is 0. The molecule has 0 heterocycles. The molecule has 0 amide bonds. The second-order valence-corrected chi connectivity index (χ2v) is 7.24. The van der Waals surface area contributed by atoms with Crippen LogP contribution in [0, 0.1) is 0 Å². The van der Waals surface area contributed by atoms with Gasteiger partial charge in [-0.1, -0.05) is 46.4 Å². The highest BCUT2D eigenvalue weighted by atomic mass is 35.5. The topological polar surface area (TPSA) is 0 Å². The van der Waals surface area contributed by atoms with E-state index in [1.165, 1.54) is 0 Å². The molecular formula is C7H3Cl7. The van der Waals surface area contributed by atoms with Crippen molar-refractivity contribution >= 4 is 81.2 Å². The minimum Gasteiger partial charge on any atom is -0.120 e. The summed E-state index contributed by atoms with van der Waals surface area (Å²) in [5.41, 5.74) is 0. The third kappa shape index (κ3) is 1.03. The third-order valence-corrected chi connectivity index (χ3v) is 7.58. The highest BCUT2D eigenvalue weighted by molar-refractivity contribution is 6.66. The summed E-state index contributed by atoms with van der Waals surface area (Å²) in [7, 11) is 0. The van der Waals surface area contributed by atoms with Crippen LogP contribution in [-0.4, -0.2) is 19.5 Å². The van der Waals surface area contributed by atoms with Crippen molar-refractivity contribution in [2.45, 2.75) is 25.9 Å². The third-order valence-electron chi connectivity index (χ3n) is 2.71. The molecule has 0 saturated heterocycles. The van der Waals surface area contributed by atoms with Crippen molar-refractivity contribution in [3.63, 3.8) is 0 Å². The number of fused-ring (bicyclic) bond motifs is 2. The van der Waals surface area contributed by atoms with Crippen molar-refractivity contribution in [3.05, 3.63) is 10.1 Å². The molecule has 0 nitrogen and oxygen atoms in total. The van der Waals surface area contributed by atoms with Crippen LogP contribution < -0.4 is 0 Å². The maximum Gasteiger partial charge on any atom is 0.167 e. The van der Waals surface area contributed by atoms with Crippen LogP contribution in [0.1, 0.15) is 6.42 Å². The van der Waals surface area contributed by atoms with Gasteiger partial charge in [-0.25, -0.2) is 0 Å². The second-order valence-electron chi connectivity index (χ2n) is 3.39. The lowest BCUT2D eigenvalue weighted by molar-refractivity contribution is 0.684. The summed E-state index contributed by atoms with van der Waals surface area (Å²) >= 11 is 42.6. The molecule has 0 radical (unpaired) electrons. The number of alkyl halides is 5. The van der Waals surface area contributed by atoms with Crippen molar-refractivity contribution in [2.75, 3.05) is 0 Å². The minimum atomic E-state index is -1.48. The van der Waals surface area contributed by atoms with Gasteiger partial charge in [0.25, 0.3) is 0 Å². The summed E-state index contributed by atoms with van der Waals surface area (Å²) in [6.07, 6.45) is 0.293. The Morgan fingerprint density at radius 1 is 1.00 bits per heavy atom. The Bertz CT molecular complexity index is 335. The first kappa shape index (κ1) is 12.2. The predicted octanol–water partition coefficient (Wildman–Crippen LogP) is 4.83. The number of hydrogen-bond acceptors (Lipinski definition) is 0. The van der Waals surface area contributed by atoms with E-state index in [9.17, 15) is 0 Å². The second kappa shape index (κ2) is 3.16. The van der Waals surface area contributed by atoms with E-state index < -0.39 is 19.5 Å². The molecule has 3 atom stereocenters. The van der Waals surface area contributed by atoms with Gasteiger partial charge < -0.3 is 0 Å². The van der Waals surface area contributed by atoms with Crippen LogP contribution in [0.25, 0.3) is 0 Å². The van der Waals surface area contributed by atoms with Crippen LogP contribution >= 0.6 is 81.2 Å². The molecule has 7 heteroatoms. The van der Waals surface area contributed by atoms with Gasteiger partial charge in [0.15, 0.2) is 4.33 Å². The minimum absolute atomic E-state index is 0.145. The molecule has 0 N–H and O–H groups in total. The van der Waals surface area contributed by atoms with E-state index in [0.717, 1.165) is 0 Å². The molecule has 2 aliphatic carbocycles. The van der Waals surface area contributed by atoms with E-state index in [1.54, 1.807) is 0 Å². The Balaban J connectivity index is 2.70. The quantitative estimate of drug-likeness (QED) is 0.556. The largest absolute Gasteiger partial charge is 0.167 e. The molecule has 14 heavy (non-hydrogen) atoms. The smallest absolute Gasteiger partial charge is 0.120 e. The van der Waals surface area contributed by atoms with Crippen LogP contribution in [0.5, 0.6) is 0 Å². The van der Waals surface area contributed by atoms with Gasteiger partial charge >= 0.3 is 0 Å². The Morgan fingerprint density at radius 2 is 1.50 bits per heavy atom. The zero-order valence-electron chi connectivity index (χ0n) is 6.43. The van der Waals surface area contributed by atoms with E-state index in [4.69, 9.17) is 81.2 Å². The maximum absolute atomic E-state index is 6.22. The maximum atomic E-state index is 6.22. The molecular weight excluding hydrogens is 332 g/mol. The summed E-state index contributed by atoms with van der Waals surface area (Å²) in [5, 5.41) is -0.198. The molecule has 0 unspecified atom stereocenters. The van der Waals surface area contributed by atoms with E-state index in [2.05, 4.69) is 0 Å². The molecule has 2 aliphatic rings. The Hall–Kier alpha value is 1.77. The van der Waals surface area contributed by atoms with E-state index >= 15 is 0 Å². The fourth-order valence-corrected chi connectivity index (χ4v) is 5.26. The molecule has 0 aromatic rings. The van der Waals surface area contributed by atoms with Crippen molar-refractivity contribution in [2.24, 2.45) is 0 Å². The lowest BCUT2D eigenvalue weighted by Gasteiger charge is -2.31. The van der Waals surface area contributed by atoms with Crippen molar-refractivity contribution < 1.29 is 0 Å². The number of rotatable bonds is 0. The van der Waals surface area contributed by atoms with Gasteiger partial charge in [-0.05, 0) is 6.42 Å². The van der Waals surface area contributed by atoms with Crippen LogP contribution in [0.15, 0.2) is 10.1 Å². The monoisotopic (exact) mass is 332 g/mol. The highest BCUT2D eigenvalue weighted by Gasteiger charge is 2.78. The molecule has 1 fully saturated rings. The van der Waals surface area contributed by atoms with Gasteiger partial charge in [0.05, 0.1) is 15.4 Å². The molecule has 2 bridgehead atoms. The molecule has 0 aromatic carbocycles. The van der Waals surface area contributed by atoms with Crippen LogP contribution in [-0.2, 0) is 0 Å². The molecule has 1 saturated carbocycles. The zero-order chi connectivity index (χ0) is 10.9. The number of halogens is 7. The average Bonchev–Trinajstić information content (AvgIpc) is 2.27. The number of allylic oxidation sites excluding steroid dienone is 2. The summed E-state index contributed by atoms with van der Waals surface area (Å²) in [6, 6.07) is 0. The van der Waals surface area contributed by atoms with E-state index in [-0.39, 0.29) is 10.1 Å². The first-order valence-corrected chi connectivity index (χ1v) is 6.36. The van der Waals surface area contributed by atoms with Crippen LogP contribution in [0.3, 0.4) is 0 Å². The van der Waals surface area contributed by atoms with Gasteiger partial charge in [-0.15, -0.1) is 34.8 Å². The van der Waals surface area contributed by atoms with Gasteiger partial charge in [-0.3, -0.25) is 0 Å². The summed E-state index contributed by atoms with van der Waals surface area (Å²) < 4.78 is -1.48. The van der Waals surface area contributed by atoms with E-state index in [1.807, 2.05) is 0 Å². The molecule has 0 aromatic heterocycles. The number of hydrogen-bond donors (Lipinski definition) is 0. The van der Waals surface area contributed by atoms with Crippen molar-refractivity contribution in [1.29, 1.82) is 0 Å². The Kier molecular flexibility index (Phi) is 2.76. The summed E-state index contributed by atoms with van der Waals surface area (Å²) in [5.74, 6) is 0. The SMILES string of the molecule is ClC1=C(Cl)[C@@]2(Cl)C[C@@H](Cl)[C@@]1(Cl)C2(Cl)Cl. The Labute approximate surface area is 116 Å². The van der Waals surface area contributed by atoms with Gasteiger partial charge in [-0.2, -0.15) is 0 Å². The van der Waals surface area contributed by atoms with Gasteiger partial charge in [0.2, 0.25) is 0 Å². The normalized spacial score (nSPS) is 50.4. The highest BCUT2D eigenvalue weighted by Crippen LogP contribution is 2.73. The molecule has 80 valence electrons. The van der Waals surface area contributed by atoms with Crippen molar-refractivity contribution in [3.8, 4) is 0 Å². The van der Waals surface area contributed by atoms with Crippen LogP contribution in [0.4, 0.5) is 0 Å². The Morgan fingerprint density at radius 3 is 1.79 bits per heavy atom. The van der Waals surface area contributed by atoms with Crippen molar-refractivity contribution in [1.82, 2.24) is 0 Å². The average molecular weight is 335 g/mol. The van der Waals surface area contributed by atoms with Crippen LogP contribution in [0.2, 0.25) is 0 Å². The lowest BCUT2D eigenvalue weighted by atomic mass is 10.1. The fraction of sp³-hybridized carbons (Fsp3) is 0.714.